The maximum Gasteiger partial charge on any atom is 0.126 e. The largest absolute Gasteiger partial charge is 0.500 e. The number of benzene rings is 1. The topological polar surface area (TPSA) is 18.5 Å². The molecule has 0 amide bonds. The first kappa shape index (κ1) is 13.6. The molecule has 0 atom stereocenters. The van der Waals surface area contributed by atoms with Crippen molar-refractivity contribution in [3.05, 3.63) is 28.6 Å². The smallest absolute Gasteiger partial charge is 0.126 e. The van der Waals surface area contributed by atoms with E-state index in [2.05, 4.69) is 26.0 Å². The van der Waals surface area contributed by atoms with Gasteiger partial charge < -0.3 is 9.47 Å². The molecule has 2 nitrogen and oxygen atoms in total. The predicted octanol–water partition coefficient (Wildman–Crippen LogP) is 2.44. The van der Waals surface area contributed by atoms with Crippen molar-refractivity contribution in [2.24, 2.45) is 0 Å². The zero-order valence-electron chi connectivity index (χ0n) is 11.2. The average molecular weight is 234 g/mol. The van der Waals surface area contributed by atoms with Crippen LogP contribution >= 0.6 is 0 Å². The van der Waals surface area contributed by atoms with Crippen LogP contribution in [0.3, 0.4) is 0 Å². The van der Waals surface area contributed by atoms with Gasteiger partial charge in [-0.25, -0.2) is 0 Å². The van der Waals surface area contributed by atoms with Crippen molar-refractivity contribution in [2.75, 3.05) is 14.2 Å². The Balaban J connectivity index is 0.000000437. The first-order valence-electron chi connectivity index (χ1n) is 6.18. The Hall–Kier alpha value is -1.44. The van der Waals surface area contributed by atoms with Crippen LogP contribution in [0.15, 0.2) is 18.2 Å². The zero-order chi connectivity index (χ0) is 12.7. The van der Waals surface area contributed by atoms with E-state index in [1.54, 1.807) is 14.2 Å². The molecule has 1 aliphatic rings. The van der Waals surface area contributed by atoms with Gasteiger partial charge in [0.15, 0.2) is 0 Å². The summed E-state index contributed by atoms with van der Waals surface area (Å²) in [5.74, 6) is 1.98. The minimum atomic E-state index is 0.928. The number of hydrogen-bond donors (Lipinski definition) is 0. The van der Waals surface area contributed by atoms with Gasteiger partial charge in [-0.05, 0) is 12.5 Å². The summed E-state index contributed by atoms with van der Waals surface area (Å²) >= 11 is 0. The second kappa shape index (κ2) is 7.00. The highest BCUT2D eigenvalue weighted by atomic mass is 16.5. The normalized spacial score (nSPS) is 12.8. The van der Waals surface area contributed by atoms with Gasteiger partial charge in [0.2, 0.25) is 0 Å². The first-order valence-corrected chi connectivity index (χ1v) is 6.18. The Kier molecular flexibility index (Phi) is 5.61. The van der Waals surface area contributed by atoms with Gasteiger partial charge >= 0.3 is 0 Å². The highest BCUT2D eigenvalue weighted by Crippen LogP contribution is 2.10. The Morgan fingerprint density at radius 3 is 2.41 bits per heavy atom. The van der Waals surface area contributed by atoms with E-state index in [0.29, 0.717) is 0 Å². The SMILES string of the molecule is CCC.COC1=c2cccc(OC)c2=CCC1. The van der Waals surface area contributed by atoms with Crippen LogP contribution < -0.4 is 15.2 Å². The molecule has 0 spiro atoms. The fourth-order valence-corrected chi connectivity index (χ4v) is 1.87. The molecule has 2 heteroatoms. The molecule has 2 rings (SSSR count). The molecule has 0 heterocycles. The van der Waals surface area contributed by atoms with Crippen molar-refractivity contribution in [1.82, 2.24) is 0 Å². The Morgan fingerprint density at radius 2 is 1.82 bits per heavy atom. The second-order valence-electron chi connectivity index (χ2n) is 4.00. The van der Waals surface area contributed by atoms with Crippen molar-refractivity contribution in [2.45, 2.75) is 33.1 Å². The van der Waals surface area contributed by atoms with E-state index in [-0.39, 0.29) is 0 Å². The lowest BCUT2D eigenvalue weighted by Gasteiger charge is -2.11. The Labute approximate surface area is 104 Å². The average Bonchev–Trinajstić information content (AvgIpc) is 2.38. The third-order valence-corrected chi connectivity index (χ3v) is 2.55. The standard InChI is InChI=1S/C12H14O2.C3H8/c1-13-11-7-3-6-10-9(11)5-4-8-12(10)14-2;1-3-2/h3,5-7H,4,8H2,1-2H3;3H2,1-2H3. The van der Waals surface area contributed by atoms with E-state index in [1.807, 2.05) is 12.1 Å². The van der Waals surface area contributed by atoms with Crippen molar-refractivity contribution in [3.63, 3.8) is 0 Å². The molecule has 0 saturated carbocycles. The molecule has 0 N–H and O–H groups in total. The lowest BCUT2D eigenvalue weighted by Crippen LogP contribution is -2.31. The number of methoxy groups -OCH3 is 2. The maximum absolute atomic E-state index is 5.36. The molecule has 0 aromatic heterocycles. The van der Waals surface area contributed by atoms with E-state index >= 15 is 0 Å². The molecule has 0 unspecified atom stereocenters. The summed E-state index contributed by atoms with van der Waals surface area (Å²) in [4.78, 5) is 0. The van der Waals surface area contributed by atoms with Crippen molar-refractivity contribution < 1.29 is 9.47 Å². The summed E-state index contributed by atoms with van der Waals surface area (Å²) in [6, 6.07) is 6.05. The summed E-state index contributed by atoms with van der Waals surface area (Å²) in [7, 11) is 3.43. The molecule has 0 aliphatic heterocycles. The van der Waals surface area contributed by atoms with Gasteiger partial charge in [0.05, 0.1) is 14.2 Å². The molecular weight excluding hydrogens is 212 g/mol. The molecule has 1 aromatic rings. The van der Waals surface area contributed by atoms with Crippen LogP contribution in [0.2, 0.25) is 0 Å². The summed E-state index contributed by atoms with van der Waals surface area (Å²) in [6.07, 6.45) is 5.46. The molecule has 1 aliphatic carbocycles. The number of hydrogen-bond acceptors (Lipinski definition) is 2. The summed E-state index contributed by atoms with van der Waals surface area (Å²) in [5.41, 5.74) is 0. The van der Waals surface area contributed by atoms with Crippen molar-refractivity contribution >= 4 is 11.8 Å². The Bertz CT molecular complexity index is 460. The van der Waals surface area contributed by atoms with Gasteiger partial charge in [-0.3, -0.25) is 0 Å². The number of rotatable bonds is 2. The lowest BCUT2D eigenvalue weighted by molar-refractivity contribution is 0.347. The van der Waals surface area contributed by atoms with E-state index in [0.717, 1.165) is 34.8 Å². The van der Waals surface area contributed by atoms with Gasteiger partial charge in [0.1, 0.15) is 11.5 Å². The van der Waals surface area contributed by atoms with Gasteiger partial charge in [0, 0.05) is 16.9 Å². The van der Waals surface area contributed by atoms with E-state index < -0.39 is 0 Å². The molecule has 0 radical (unpaired) electrons. The third-order valence-electron chi connectivity index (χ3n) is 2.55. The molecule has 17 heavy (non-hydrogen) atoms. The van der Waals surface area contributed by atoms with E-state index in [1.165, 1.54) is 6.42 Å². The minimum absolute atomic E-state index is 0.928. The second-order valence-corrected chi connectivity index (χ2v) is 4.00. The van der Waals surface area contributed by atoms with Crippen LogP contribution in [-0.2, 0) is 4.74 Å². The maximum atomic E-state index is 5.36. The lowest BCUT2D eigenvalue weighted by atomic mass is 10.1. The predicted molar refractivity (Wildman–Crippen MR) is 72.3 cm³/mol. The fraction of sp³-hybridized carbons (Fsp3) is 0.467. The summed E-state index contributed by atoms with van der Waals surface area (Å²) in [6.45, 7) is 4.25. The summed E-state index contributed by atoms with van der Waals surface area (Å²) < 4.78 is 10.7. The summed E-state index contributed by atoms with van der Waals surface area (Å²) in [5, 5.41) is 2.33. The number of ether oxygens (including phenoxy) is 2. The van der Waals surface area contributed by atoms with Gasteiger partial charge in [-0.1, -0.05) is 38.5 Å². The third kappa shape index (κ3) is 3.26. The zero-order valence-corrected chi connectivity index (χ0v) is 11.2. The molecule has 0 bridgehead atoms. The highest BCUT2D eigenvalue weighted by molar-refractivity contribution is 5.49. The van der Waals surface area contributed by atoms with E-state index in [9.17, 15) is 0 Å². The molecule has 0 fully saturated rings. The molecule has 1 aromatic carbocycles. The monoisotopic (exact) mass is 234 g/mol. The van der Waals surface area contributed by atoms with Crippen molar-refractivity contribution in [1.29, 1.82) is 0 Å². The van der Waals surface area contributed by atoms with Crippen molar-refractivity contribution in [3.8, 4) is 5.75 Å². The highest BCUT2D eigenvalue weighted by Gasteiger charge is 2.06. The van der Waals surface area contributed by atoms with Crippen LogP contribution in [0.4, 0.5) is 0 Å². The van der Waals surface area contributed by atoms with Crippen LogP contribution in [0.25, 0.3) is 11.8 Å². The Morgan fingerprint density at radius 1 is 1.12 bits per heavy atom. The molecule has 94 valence electrons. The van der Waals surface area contributed by atoms with Crippen LogP contribution in [0, 0.1) is 0 Å². The quantitative estimate of drug-likeness (QED) is 0.782. The van der Waals surface area contributed by atoms with Crippen LogP contribution in [0.5, 0.6) is 5.75 Å². The fourth-order valence-electron chi connectivity index (χ4n) is 1.87. The van der Waals surface area contributed by atoms with Gasteiger partial charge in [-0.2, -0.15) is 0 Å². The van der Waals surface area contributed by atoms with Crippen LogP contribution in [-0.4, -0.2) is 14.2 Å². The number of fused-ring (bicyclic) bond motifs is 1. The minimum Gasteiger partial charge on any atom is -0.500 e. The van der Waals surface area contributed by atoms with Crippen LogP contribution in [0.1, 0.15) is 33.1 Å². The van der Waals surface area contributed by atoms with Gasteiger partial charge in [-0.15, -0.1) is 0 Å². The molecule has 0 saturated heterocycles. The molecular formula is C15H22O2. The van der Waals surface area contributed by atoms with Gasteiger partial charge in [0.25, 0.3) is 0 Å². The van der Waals surface area contributed by atoms with E-state index in [4.69, 9.17) is 9.47 Å². The first-order chi connectivity index (χ1) is 8.28.